The number of halogens is 1. The molecule has 0 unspecified atom stereocenters. The van der Waals surface area contributed by atoms with Gasteiger partial charge < -0.3 is 0 Å². The van der Waals surface area contributed by atoms with Gasteiger partial charge in [0.1, 0.15) is 16.9 Å². The number of aromatic nitrogens is 2. The Kier molecular flexibility index (Phi) is 5.83. The molecule has 2 nitrogen and oxygen atoms in total. The normalized spacial score (nSPS) is 15.8. The molecule has 0 aliphatic heterocycles. The minimum absolute atomic E-state index is 0.0432. The summed E-state index contributed by atoms with van der Waals surface area (Å²) in [6.07, 6.45) is 0. The number of fused-ring (bicyclic) bond motifs is 9. The molecular formula is C40H35FN2S3. The number of thiophene rings is 2. The molecule has 0 N–H and O–H groups in total. The van der Waals surface area contributed by atoms with Crippen LogP contribution in [0.1, 0.15) is 99.9 Å². The lowest BCUT2D eigenvalue weighted by Crippen LogP contribution is -2.17. The fraction of sp³-hybridized carbons (Fsp3) is 0.300. The summed E-state index contributed by atoms with van der Waals surface area (Å²) in [5, 5.41) is 2.57. The summed E-state index contributed by atoms with van der Waals surface area (Å²) in [6.45, 7) is 18.1. The lowest BCUT2D eigenvalue weighted by Gasteiger charge is -2.24. The topological polar surface area (TPSA) is 25.8 Å². The number of hydrogen-bond donors (Lipinski definition) is 0. The fourth-order valence-electron chi connectivity index (χ4n) is 8.13. The van der Waals surface area contributed by atoms with E-state index in [1.807, 2.05) is 25.2 Å². The van der Waals surface area contributed by atoms with E-state index in [1.165, 1.54) is 69.6 Å². The van der Waals surface area contributed by atoms with E-state index < -0.39 is 0 Å². The molecule has 0 fully saturated rings. The third kappa shape index (κ3) is 3.72. The smallest absolute Gasteiger partial charge is 0.129 e. The van der Waals surface area contributed by atoms with Crippen LogP contribution >= 0.6 is 34.4 Å². The molecule has 7 aromatic rings. The van der Waals surface area contributed by atoms with Gasteiger partial charge in [-0.25, -0.2) is 4.39 Å². The molecule has 0 bridgehead atoms. The predicted molar refractivity (Wildman–Crippen MR) is 197 cm³/mol. The van der Waals surface area contributed by atoms with E-state index in [2.05, 4.69) is 98.8 Å². The number of hydrogen-bond acceptors (Lipinski definition) is 5. The van der Waals surface area contributed by atoms with Gasteiger partial charge in [0, 0.05) is 41.1 Å². The van der Waals surface area contributed by atoms with Crippen LogP contribution in [0.4, 0.5) is 4.39 Å². The van der Waals surface area contributed by atoms with Crippen LogP contribution in [0.15, 0.2) is 54.6 Å². The molecule has 3 heterocycles. The zero-order valence-corrected chi connectivity index (χ0v) is 29.8. The van der Waals surface area contributed by atoms with Gasteiger partial charge in [-0.15, -0.1) is 22.7 Å². The van der Waals surface area contributed by atoms with E-state index in [0.29, 0.717) is 17.0 Å². The predicted octanol–water partition coefficient (Wildman–Crippen LogP) is 12.8. The van der Waals surface area contributed by atoms with Crippen LogP contribution in [-0.4, -0.2) is 8.75 Å². The first-order chi connectivity index (χ1) is 21.8. The molecule has 2 aliphatic rings. The summed E-state index contributed by atoms with van der Waals surface area (Å²) in [5.74, 6) is 0.386. The highest BCUT2D eigenvalue weighted by Gasteiger charge is 2.42. The number of benzene rings is 4. The molecule has 0 saturated carbocycles. The Labute approximate surface area is 281 Å². The van der Waals surface area contributed by atoms with Gasteiger partial charge in [0.2, 0.25) is 0 Å². The Morgan fingerprint density at radius 2 is 1.09 bits per heavy atom. The van der Waals surface area contributed by atoms with E-state index >= 15 is 4.39 Å². The van der Waals surface area contributed by atoms with Crippen molar-refractivity contribution in [1.29, 1.82) is 0 Å². The Morgan fingerprint density at radius 3 is 1.67 bits per heavy atom. The van der Waals surface area contributed by atoms with Crippen LogP contribution in [0.3, 0.4) is 0 Å². The van der Waals surface area contributed by atoms with Crippen molar-refractivity contribution in [3.63, 3.8) is 0 Å². The molecule has 3 aromatic heterocycles. The maximum atomic E-state index is 15.4. The first-order valence-electron chi connectivity index (χ1n) is 16.2. The van der Waals surface area contributed by atoms with Crippen LogP contribution in [-0.2, 0) is 10.8 Å². The van der Waals surface area contributed by atoms with Gasteiger partial charge in [0.05, 0.1) is 11.7 Å². The minimum atomic E-state index is -0.196. The van der Waals surface area contributed by atoms with Gasteiger partial charge in [0.15, 0.2) is 0 Å². The molecule has 46 heavy (non-hydrogen) atoms. The second-order valence-corrected chi connectivity index (χ2v) is 17.6. The molecule has 0 atom stereocenters. The van der Waals surface area contributed by atoms with Crippen molar-refractivity contribution < 1.29 is 4.39 Å². The van der Waals surface area contributed by atoms with Crippen LogP contribution in [0, 0.1) is 5.82 Å². The zero-order valence-electron chi connectivity index (χ0n) is 27.3. The van der Waals surface area contributed by atoms with Crippen LogP contribution in [0.25, 0.3) is 63.9 Å². The van der Waals surface area contributed by atoms with E-state index in [9.17, 15) is 0 Å². The van der Waals surface area contributed by atoms with Crippen molar-refractivity contribution in [2.24, 2.45) is 0 Å². The minimum Gasteiger partial charge on any atom is -0.207 e. The van der Waals surface area contributed by atoms with Crippen molar-refractivity contribution in [1.82, 2.24) is 8.75 Å². The first-order valence-corrected chi connectivity index (χ1v) is 18.5. The third-order valence-electron chi connectivity index (χ3n) is 10.7. The second-order valence-electron chi connectivity index (χ2n) is 14.9. The van der Waals surface area contributed by atoms with E-state index in [-0.39, 0.29) is 22.6 Å². The zero-order chi connectivity index (χ0) is 32.0. The maximum Gasteiger partial charge on any atom is 0.129 e. The average Bonchev–Trinajstić information content (AvgIpc) is 3.80. The van der Waals surface area contributed by atoms with Crippen molar-refractivity contribution >= 4 is 65.6 Å². The summed E-state index contributed by atoms with van der Waals surface area (Å²) >= 11 is 4.83. The monoisotopic (exact) mass is 658 g/mol. The summed E-state index contributed by atoms with van der Waals surface area (Å²) in [6, 6.07) is 21.0. The molecule has 0 radical (unpaired) electrons. The molecule has 2 aliphatic carbocycles. The quantitative estimate of drug-likeness (QED) is 0.189. The van der Waals surface area contributed by atoms with Crippen LogP contribution in [0.2, 0.25) is 0 Å². The number of nitrogens with zero attached hydrogens (tertiary/aromatic N) is 2. The lowest BCUT2D eigenvalue weighted by molar-refractivity contribution is 0.602. The van der Waals surface area contributed by atoms with Crippen molar-refractivity contribution in [3.05, 3.63) is 93.1 Å². The molecule has 4 aromatic carbocycles. The fourth-order valence-corrected chi connectivity index (χ4v) is 10.9. The molecule has 6 heteroatoms. The standard InChI is InChI=1S/C40H35FN2S3/c1-18(2)32-11-20-9-27-24(16-33(20)44-32)22-13-30-23(14-29(22)39(27,5)6)25-17-34-21(10-28(25)40(30,7)8)12-35(45-34)26-15-31(41)36(19(3)4)38-37(26)42-46-43-38/h9-19H,1-8H3. The Hall–Kier alpha value is -3.45. The van der Waals surface area contributed by atoms with Crippen LogP contribution in [0.5, 0.6) is 0 Å². The average molecular weight is 659 g/mol. The summed E-state index contributed by atoms with van der Waals surface area (Å²) in [5.41, 5.74) is 13.8. The molecule has 230 valence electrons. The SMILES string of the molecule is CC(C)c1cc2cc3c(cc2s1)-c1cc2c(cc1C3(C)C)-c1cc3sc(-c4cc(F)c(C(C)C)c5nsnc45)cc3cc1C2(C)C. The molecule has 0 saturated heterocycles. The first kappa shape index (κ1) is 28.7. The van der Waals surface area contributed by atoms with Crippen molar-refractivity contribution in [3.8, 4) is 32.7 Å². The van der Waals surface area contributed by atoms with Gasteiger partial charge >= 0.3 is 0 Å². The van der Waals surface area contributed by atoms with E-state index in [0.717, 1.165) is 27.7 Å². The molecular weight excluding hydrogens is 624 g/mol. The maximum absolute atomic E-state index is 15.4. The summed E-state index contributed by atoms with van der Waals surface area (Å²) in [7, 11) is 0. The Balaban J connectivity index is 1.21. The molecule has 9 rings (SSSR count). The van der Waals surface area contributed by atoms with E-state index in [4.69, 9.17) is 0 Å². The van der Waals surface area contributed by atoms with Gasteiger partial charge in [-0.1, -0.05) is 55.4 Å². The Bertz CT molecular complexity index is 2450. The highest BCUT2D eigenvalue weighted by molar-refractivity contribution is 7.22. The highest BCUT2D eigenvalue weighted by atomic mass is 32.1. The number of rotatable bonds is 3. The summed E-state index contributed by atoms with van der Waals surface area (Å²) in [4.78, 5) is 2.49. The van der Waals surface area contributed by atoms with Gasteiger partial charge in [0.25, 0.3) is 0 Å². The van der Waals surface area contributed by atoms with Crippen LogP contribution < -0.4 is 0 Å². The Morgan fingerprint density at radius 1 is 0.565 bits per heavy atom. The second kappa shape index (κ2) is 9.33. The molecule has 0 amide bonds. The third-order valence-corrected chi connectivity index (χ3v) is 13.8. The molecule has 0 spiro atoms. The summed E-state index contributed by atoms with van der Waals surface area (Å²) < 4.78 is 27.2. The van der Waals surface area contributed by atoms with Gasteiger partial charge in [-0.3, -0.25) is 0 Å². The van der Waals surface area contributed by atoms with Gasteiger partial charge in [-0.2, -0.15) is 8.75 Å². The van der Waals surface area contributed by atoms with E-state index in [1.54, 1.807) is 17.4 Å². The van der Waals surface area contributed by atoms with Gasteiger partial charge in [-0.05, 0) is 122 Å². The van der Waals surface area contributed by atoms with Crippen molar-refractivity contribution in [2.75, 3.05) is 0 Å². The lowest BCUT2D eigenvalue weighted by atomic mass is 9.79. The highest BCUT2D eigenvalue weighted by Crippen LogP contribution is 2.58. The largest absolute Gasteiger partial charge is 0.207 e. The van der Waals surface area contributed by atoms with Crippen molar-refractivity contribution in [2.45, 2.75) is 78.1 Å².